The zero-order chi connectivity index (χ0) is 11.1. The van der Waals surface area contributed by atoms with Crippen molar-refractivity contribution in [1.29, 1.82) is 0 Å². The van der Waals surface area contributed by atoms with E-state index in [2.05, 4.69) is 73.6 Å². The monoisotopic (exact) mass is 435 g/mol. The molecule has 0 radical (unpaired) electrons. The van der Waals surface area contributed by atoms with Crippen LogP contribution in [0.15, 0.2) is 55.1 Å². The van der Waals surface area contributed by atoms with Crippen LogP contribution in [0.2, 0.25) is 0 Å². The van der Waals surface area contributed by atoms with Crippen LogP contribution in [0.4, 0.5) is 11.4 Å². The van der Waals surface area contributed by atoms with Crippen LogP contribution in [0.1, 0.15) is 0 Å². The van der Waals surface area contributed by atoms with Crippen LogP contribution in [0, 0.1) is 0 Å². The van der Waals surface area contributed by atoms with Crippen molar-refractivity contribution < 1.29 is 0 Å². The molecule has 1 heterocycles. The van der Waals surface area contributed by atoms with Gasteiger partial charge in [0.2, 0.25) is 0 Å². The number of hydrogen-bond donors (Lipinski definition) is 1. The molecule has 5 heteroatoms. The minimum absolute atomic E-state index is 0. The molecule has 88 valence electrons. The maximum atomic E-state index is 3.49. The standard InChI is InChI=1S/C12H7Br2NS.BrH/c13-7-1-3-9-11(5-7)16-12-6-8(14)2-4-10(12)15-9;/h1-6,15H;1H. The predicted octanol–water partition coefficient (Wildman–Crippen LogP) is 6.00. The molecule has 1 N–H and O–H groups in total. The van der Waals surface area contributed by atoms with Gasteiger partial charge in [-0.05, 0) is 36.4 Å². The highest BCUT2D eigenvalue weighted by molar-refractivity contribution is 9.10. The molecular formula is C12H8Br3NS. The Labute approximate surface area is 131 Å². The number of halogens is 3. The fourth-order valence-electron chi connectivity index (χ4n) is 1.63. The molecule has 2 aromatic rings. The molecule has 3 rings (SSSR count). The van der Waals surface area contributed by atoms with Crippen molar-refractivity contribution in [2.24, 2.45) is 0 Å². The lowest BCUT2D eigenvalue weighted by atomic mass is 10.2. The lowest BCUT2D eigenvalue weighted by Crippen LogP contribution is -1.99. The highest BCUT2D eigenvalue weighted by Gasteiger charge is 2.15. The zero-order valence-corrected chi connectivity index (χ0v) is 14.2. The van der Waals surface area contributed by atoms with E-state index >= 15 is 0 Å². The van der Waals surface area contributed by atoms with Crippen molar-refractivity contribution in [3.8, 4) is 0 Å². The van der Waals surface area contributed by atoms with Crippen molar-refractivity contribution in [3.63, 3.8) is 0 Å². The normalized spacial score (nSPS) is 11.9. The second-order valence-electron chi connectivity index (χ2n) is 3.51. The summed E-state index contributed by atoms with van der Waals surface area (Å²) in [5.74, 6) is 0. The van der Waals surface area contributed by atoms with Gasteiger partial charge in [-0.15, -0.1) is 17.0 Å². The van der Waals surface area contributed by atoms with Crippen LogP contribution < -0.4 is 5.32 Å². The number of fused-ring (bicyclic) bond motifs is 2. The van der Waals surface area contributed by atoms with Crippen molar-refractivity contribution >= 4 is 72.0 Å². The van der Waals surface area contributed by atoms with E-state index in [1.807, 2.05) is 0 Å². The van der Waals surface area contributed by atoms with Crippen LogP contribution in [-0.4, -0.2) is 0 Å². The van der Waals surface area contributed by atoms with Gasteiger partial charge in [-0.25, -0.2) is 0 Å². The van der Waals surface area contributed by atoms with Gasteiger partial charge in [0.15, 0.2) is 0 Å². The maximum absolute atomic E-state index is 3.49. The molecule has 0 saturated heterocycles. The third-order valence-corrected chi connectivity index (χ3v) is 4.48. The first-order chi connectivity index (χ1) is 7.72. The van der Waals surface area contributed by atoms with Crippen molar-refractivity contribution in [3.05, 3.63) is 45.3 Å². The van der Waals surface area contributed by atoms with Gasteiger partial charge in [0.25, 0.3) is 0 Å². The van der Waals surface area contributed by atoms with Gasteiger partial charge in [0, 0.05) is 18.7 Å². The molecule has 1 nitrogen and oxygen atoms in total. The molecule has 0 atom stereocenters. The van der Waals surface area contributed by atoms with Crippen LogP contribution >= 0.6 is 60.6 Å². The van der Waals surface area contributed by atoms with E-state index in [-0.39, 0.29) is 17.0 Å². The topological polar surface area (TPSA) is 12.0 Å². The summed E-state index contributed by atoms with van der Waals surface area (Å²) in [6, 6.07) is 12.6. The van der Waals surface area contributed by atoms with Crippen LogP contribution in [0.5, 0.6) is 0 Å². The largest absolute Gasteiger partial charge is 0.354 e. The number of benzene rings is 2. The Morgan fingerprint density at radius 2 is 1.29 bits per heavy atom. The molecule has 0 amide bonds. The van der Waals surface area contributed by atoms with Crippen LogP contribution in [-0.2, 0) is 0 Å². The second-order valence-corrected chi connectivity index (χ2v) is 6.42. The van der Waals surface area contributed by atoms with E-state index in [9.17, 15) is 0 Å². The molecule has 2 aromatic carbocycles. The zero-order valence-electron chi connectivity index (χ0n) is 8.54. The van der Waals surface area contributed by atoms with Crippen LogP contribution in [0.25, 0.3) is 0 Å². The maximum Gasteiger partial charge on any atom is 0.0527 e. The molecular weight excluding hydrogens is 430 g/mol. The summed E-state index contributed by atoms with van der Waals surface area (Å²) in [5, 5.41) is 3.43. The lowest BCUT2D eigenvalue weighted by molar-refractivity contribution is 1.30. The van der Waals surface area contributed by atoms with Gasteiger partial charge in [0.05, 0.1) is 11.4 Å². The Morgan fingerprint density at radius 1 is 0.824 bits per heavy atom. The van der Waals surface area contributed by atoms with E-state index < -0.39 is 0 Å². The summed E-state index contributed by atoms with van der Waals surface area (Å²) in [6.45, 7) is 0. The van der Waals surface area contributed by atoms with Crippen LogP contribution in [0.3, 0.4) is 0 Å². The Hall–Kier alpha value is 0.0300. The molecule has 0 aromatic heterocycles. The Balaban J connectivity index is 0.00000108. The average Bonchev–Trinajstić information content (AvgIpc) is 2.26. The van der Waals surface area contributed by atoms with Gasteiger partial charge in [-0.3, -0.25) is 0 Å². The molecule has 0 aliphatic carbocycles. The van der Waals surface area contributed by atoms with Gasteiger partial charge in [-0.1, -0.05) is 43.6 Å². The number of rotatable bonds is 0. The van der Waals surface area contributed by atoms with E-state index in [4.69, 9.17) is 0 Å². The first-order valence-corrected chi connectivity index (χ1v) is 7.16. The van der Waals surface area contributed by atoms with E-state index in [1.54, 1.807) is 11.8 Å². The Bertz CT molecular complexity index is 522. The summed E-state index contributed by atoms with van der Waals surface area (Å²) in [6.07, 6.45) is 0. The number of nitrogens with one attached hydrogen (secondary N) is 1. The number of hydrogen-bond acceptors (Lipinski definition) is 2. The summed E-state index contributed by atoms with van der Waals surface area (Å²) < 4.78 is 2.22. The molecule has 1 aliphatic rings. The smallest absolute Gasteiger partial charge is 0.0527 e. The highest BCUT2D eigenvalue weighted by atomic mass is 79.9. The molecule has 1 aliphatic heterocycles. The van der Waals surface area contributed by atoms with E-state index in [0.29, 0.717) is 0 Å². The third kappa shape index (κ3) is 2.72. The van der Waals surface area contributed by atoms with Crippen molar-refractivity contribution in [1.82, 2.24) is 0 Å². The SMILES string of the molecule is Br.Brc1ccc2c(c1)Sc1cc(Br)ccc1N2. The van der Waals surface area contributed by atoms with Gasteiger partial charge in [0.1, 0.15) is 0 Å². The fraction of sp³-hybridized carbons (Fsp3) is 0. The summed E-state index contributed by atoms with van der Waals surface area (Å²) in [4.78, 5) is 2.50. The summed E-state index contributed by atoms with van der Waals surface area (Å²) in [5.41, 5.74) is 2.34. The third-order valence-electron chi connectivity index (χ3n) is 2.38. The minimum atomic E-state index is 0. The molecule has 0 saturated carbocycles. The van der Waals surface area contributed by atoms with Crippen molar-refractivity contribution in [2.75, 3.05) is 5.32 Å². The quantitative estimate of drug-likeness (QED) is 0.463. The second kappa shape index (κ2) is 5.34. The van der Waals surface area contributed by atoms with Gasteiger partial charge < -0.3 is 5.32 Å². The first kappa shape index (κ1) is 13.5. The van der Waals surface area contributed by atoms with Gasteiger partial charge >= 0.3 is 0 Å². The summed E-state index contributed by atoms with van der Waals surface area (Å²) >= 11 is 8.78. The predicted molar refractivity (Wildman–Crippen MR) is 86.0 cm³/mol. The first-order valence-electron chi connectivity index (χ1n) is 4.76. The Morgan fingerprint density at radius 3 is 1.76 bits per heavy atom. The van der Waals surface area contributed by atoms with E-state index in [1.165, 1.54) is 21.2 Å². The number of anilines is 2. The minimum Gasteiger partial charge on any atom is -0.354 e. The fourth-order valence-corrected chi connectivity index (χ4v) is 3.72. The highest BCUT2D eigenvalue weighted by Crippen LogP contribution is 2.45. The van der Waals surface area contributed by atoms with Gasteiger partial charge in [-0.2, -0.15) is 0 Å². The average molecular weight is 438 g/mol. The lowest BCUT2D eigenvalue weighted by Gasteiger charge is -2.20. The molecule has 0 unspecified atom stereocenters. The summed E-state index contributed by atoms with van der Waals surface area (Å²) in [7, 11) is 0. The molecule has 0 fully saturated rings. The molecule has 0 spiro atoms. The molecule has 0 bridgehead atoms. The van der Waals surface area contributed by atoms with Crippen molar-refractivity contribution in [2.45, 2.75) is 9.79 Å². The van der Waals surface area contributed by atoms with E-state index in [0.717, 1.165) is 8.95 Å². The molecule has 17 heavy (non-hydrogen) atoms. The Kier molecular flexibility index (Phi) is 4.23.